The van der Waals surface area contributed by atoms with Crippen LogP contribution in [0, 0.1) is 17.2 Å². The number of carbonyl (C=O) groups excluding carboxylic acids is 1. The van der Waals surface area contributed by atoms with E-state index in [4.69, 9.17) is 9.47 Å². The lowest BCUT2D eigenvalue weighted by atomic mass is 9.74. The Bertz CT molecular complexity index is 649. The first-order valence-corrected chi connectivity index (χ1v) is 7.42. The highest BCUT2D eigenvalue weighted by Crippen LogP contribution is 2.42. The lowest BCUT2D eigenvalue weighted by Crippen LogP contribution is -2.45. The standard InChI is InChI=1S/C16H18FNO5/c1-22-13-6-10(2-3-12(13)17)14(19)18-7-11-8-23-5-4-16(11,9-18)15(20)21/h2-3,6,11H,4-5,7-9H2,1H3,(H,20,21)/t11-,16+/m0/s1. The van der Waals surface area contributed by atoms with Crippen molar-refractivity contribution in [2.45, 2.75) is 6.42 Å². The Hall–Kier alpha value is -2.15. The van der Waals surface area contributed by atoms with Crippen LogP contribution in [0.3, 0.4) is 0 Å². The Kier molecular flexibility index (Phi) is 3.97. The first-order valence-electron chi connectivity index (χ1n) is 7.42. The van der Waals surface area contributed by atoms with Gasteiger partial charge in [-0.05, 0) is 24.6 Å². The van der Waals surface area contributed by atoms with E-state index in [1.54, 1.807) is 0 Å². The normalized spacial score (nSPS) is 26.7. The zero-order chi connectivity index (χ0) is 16.6. The van der Waals surface area contributed by atoms with E-state index in [1.807, 2.05) is 0 Å². The summed E-state index contributed by atoms with van der Waals surface area (Å²) in [6.07, 6.45) is 0.392. The van der Waals surface area contributed by atoms with Crippen molar-refractivity contribution in [3.8, 4) is 5.75 Å². The van der Waals surface area contributed by atoms with Gasteiger partial charge in [0.05, 0.1) is 19.1 Å². The zero-order valence-corrected chi connectivity index (χ0v) is 12.8. The van der Waals surface area contributed by atoms with Gasteiger partial charge in [0, 0.05) is 31.2 Å². The molecule has 2 aliphatic rings. The van der Waals surface area contributed by atoms with Gasteiger partial charge in [-0.2, -0.15) is 0 Å². The summed E-state index contributed by atoms with van der Waals surface area (Å²) in [4.78, 5) is 25.9. The van der Waals surface area contributed by atoms with Gasteiger partial charge in [-0.1, -0.05) is 0 Å². The van der Waals surface area contributed by atoms with Crippen LogP contribution in [0.25, 0.3) is 0 Å². The van der Waals surface area contributed by atoms with Crippen LogP contribution in [0.2, 0.25) is 0 Å². The molecule has 0 aliphatic carbocycles. The van der Waals surface area contributed by atoms with Crippen molar-refractivity contribution in [3.63, 3.8) is 0 Å². The minimum Gasteiger partial charge on any atom is -0.494 e. The fourth-order valence-corrected chi connectivity index (χ4v) is 3.43. The average molecular weight is 323 g/mol. The smallest absolute Gasteiger partial charge is 0.311 e. The monoisotopic (exact) mass is 323 g/mol. The van der Waals surface area contributed by atoms with Crippen LogP contribution in [0.15, 0.2) is 18.2 Å². The van der Waals surface area contributed by atoms with Crippen molar-refractivity contribution in [3.05, 3.63) is 29.6 Å². The minimum absolute atomic E-state index is 0.0104. The SMILES string of the molecule is COc1cc(C(=O)N2C[C@H]3COCC[C@@]3(C(=O)O)C2)ccc1F. The Morgan fingerprint density at radius 1 is 1.48 bits per heavy atom. The molecule has 124 valence electrons. The molecular formula is C16H18FNO5. The van der Waals surface area contributed by atoms with Crippen LogP contribution in [-0.2, 0) is 9.53 Å². The molecule has 23 heavy (non-hydrogen) atoms. The van der Waals surface area contributed by atoms with Crippen LogP contribution in [0.5, 0.6) is 5.75 Å². The molecule has 2 heterocycles. The molecule has 0 spiro atoms. The Morgan fingerprint density at radius 2 is 2.26 bits per heavy atom. The summed E-state index contributed by atoms with van der Waals surface area (Å²) in [5.41, 5.74) is -0.666. The van der Waals surface area contributed by atoms with Crippen LogP contribution >= 0.6 is 0 Å². The molecule has 0 bridgehead atoms. The summed E-state index contributed by atoms with van der Waals surface area (Å²) in [7, 11) is 1.33. The van der Waals surface area contributed by atoms with Gasteiger partial charge in [0.15, 0.2) is 11.6 Å². The third-order valence-corrected chi connectivity index (χ3v) is 4.82. The predicted octanol–water partition coefficient (Wildman–Crippen LogP) is 1.40. The molecule has 2 saturated heterocycles. The number of ether oxygens (including phenoxy) is 2. The topological polar surface area (TPSA) is 76.1 Å². The van der Waals surface area contributed by atoms with Crippen LogP contribution < -0.4 is 4.74 Å². The van der Waals surface area contributed by atoms with Gasteiger partial charge in [-0.3, -0.25) is 9.59 Å². The first-order chi connectivity index (χ1) is 11.0. The number of hydrogen-bond donors (Lipinski definition) is 1. The summed E-state index contributed by atoms with van der Waals surface area (Å²) in [5, 5.41) is 9.62. The predicted molar refractivity (Wildman–Crippen MR) is 77.9 cm³/mol. The van der Waals surface area contributed by atoms with Crippen molar-refractivity contribution in [1.82, 2.24) is 4.90 Å². The maximum atomic E-state index is 13.5. The quantitative estimate of drug-likeness (QED) is 0.910. The number of rotatable bonds is 3. The molecule has 3 rings (SSSR count). The summed E-state index contributed by atoms with van der Waals surface area (Å²) < 4.78 is 23.7. The highest BCUT2D eigenvalue weighted by atomic mass is 19.1. The van der Waals surface area contributed by atoms with Crippen molar-refractivity contribution >= 4 is 11.9 Å². The van der Waals surface area contributed by atoms with Crippen LogP contribution in [0.1, 0.15) is 16.8 Å². The molecule has 2 atom stereocenters. The molecule has 2 aliphatic heterocycles. The zero-order valence-electron chi connectivity index (χ0n) is 12.8. The van der Waals surface area contributed by atoms with Crippen molar-refractivity contribution in [2.24, 2.45) is 11.3 Å². The highest BCUT2D eigenvalue weighted by Gasteiger charge is 2.54. The molecule has 0 aromatic heterocycles. The molecule has 1 aromatic carbocycles. The third kappa shape index (κ3) is 2.55. The number of methoxy groups -OCH3 is 1. The summed E-state index contributed by atoms with van der Waals surface area (Å²) >= 11 is 0. The molecule has 1 N–H and O–H groups in total. The number of halogens is 1. The van der Waals surface area contributed by atoms with E-state index in [0.29, 0.717) is 26.2 Å². The summed E-state index contributed by atoms with van der Waals surface area (Å²) in [5.74, 6) is -1.99. The number of likely N-dealkylation sites (tertiary alicyclic amines) is 1. The van der Waals surface area contributed by atoms with Gasteiger partial charge in [-0.25, -0.2) is 4.39 Å². The van der Waals surface area contributed by atoms with Gasteiger partial charge < -0.3 is 19.5 Å². The molecule has 6 nitrogen and oxygen atoms in total. The molecule has 1 amide bonds. The summed E-state index contributed by atoms with van der Waals surface area (Å²) in [6.45, 7) is 1.19. The number of fused-ring (bicyclic) bond motifs is 1. The van der Waals surface area contributed by atoms with E-state index in [-0.39, 0.29) is 29.7 Å². The van der Waals surface area contributed by atoms with Crippen molar-refractivity contribution in [2.75, 3.05) is 33.4 Å². The van der Waals surface area contributed by atoms with Crippen molar-refractivity contribution < 1.29 is 28.6 Å². The molecule has 0 saturated carbocycles. The van der Waals surface area contributed by atoms with E-state index in [9.17, 15) is 19.1 Å². The van der Waals surface area contributed by atoms with Crippen molar-refractivity contribution in [1.29, 1.82) is 0 Å². The number of benzene rings is 1. The Morgan fingerprint density at radius 3 is 2.91 bits per heavy atom. The van der Waals surface area contributed by atoms with Gasteiger partial charge in [0.2, 0.25) is 0 Å². The van der Waals surface area contributed by atoms with E-state index < -0.39 is 17.2 Å². The molecular weight excluding hydrogens is 305 g/mol. The average Bonchev–Trinajstić information content (AvgIpc) is 2.95. The van der Waals surface area contributed by atoms with E-state index in [0.717, 1.165) is 0 Å². The van der Waals surface area contributed by atoms with Gasteiger partial charge in [0.25, 0.3) is 5.91 Å². The number of carbonyl (C=O) groups is 2. The Balaban J connectivity index is 1.85. The second-order valence-electron chi connectivity index (χ2n) is 6.02. The molecule has 7 heteroatoms. The first kappa shape index (κ1) is 15.7. The number of nitrogens with zero attached hydrogens (tertiary/aromatic N) is 1. The molecule has 1 aromatic rings. The summed E-state index contributed by atoms with van der Waals surface area (Å²) in [6, 6.07) is 3.89. The van der Waals surface area contributed by atoms with E-state index in [2.05, 4.69) is 0 Å². The fourth-order valence-electron chi connectivity index (χ4n) is 3.43. The molecule has 2 fully saturated rings. The van der Waals surface area contributed by atoms with Gasteiger partial charge >= 0.3 is 5.97 Å². The van der Waals surface area contributed by atoms with E-state index >= 15 is 0 Å². The number of aliphatic carboxylic acids is 1. The largest absolute Gasteiger partial charge is 0.494 e. The number of hydrogen-bond acceptors (Lipinski definition) is 4. The second kappa shape index (κ2) is 5.81. The third-order valence-electron chi connectivity index (χ3n) is 4.82. The van der Waals surface area contributed by atoms with Crippen LogP contribution in [0.4, 0.5) is 4.39 Å². The van der Waals surface area contributed by atoms with E-state index in [1.165, 1.54) is 30.2 Å². The molecule has 0 radical (unpaired) electrons. The minimum atomic E-state index is -0.946. The maximum Gasteiger partial charge on any atom is 0.311 e. The van der Waals surface area contributed by atoms with Gasteiger partial charge in [-0.15, -0.1) is 0 Å². The lowest BCUT2D eigenvalue weighted by molar-refractivity contribution is -0.157. The number of amides is 1. The maximum absolute atomic E-state index is 13.5. The fraction of sp³-hybridized carbons (Fsp3) is 0.500. The van der Waals surface area contributed by atoms with Crippen LogP contribution in [-0.4, -0.2) is 55.3 Å². The highest BCUT2D eigenvalue weighted by molar-refractivity contribution is 5.95. The number of carboxylic acids is 1. The Labute approximate surface area is 132 Å². The molecule has 0 unspecified atom stereocenters. The number of carboxylic acid groups (broad SMARTS) is 1. The second-order valence-corrected chi connectivity index (χ2v) is 6.02. The van der Waals surface area contributed by atoms with Gasteiger partial charge in [0.1, 0.15) is 0 Å². The lowest BCUT2D eigenvalue weighted by Gasteiger charge is -2.33.